The first-order chi connectivity index (χ1) is 11.5. The van der Waals surface area contributed by atoms with Crippen LogP contribution >= 0.6 is 15.9 Å². The van der Waals surface area contributed by atoms with Crippen molar-refractivity contribution in [3.05, 3.63) is 39.8 Å². The smallest absolute Gasteiger partial charge is 0.359 e. The summed E-state index contributed by atoms with van der Waals surface area (Å²) < 4.78 is 76.8. The topological polar surface area (TPSA) is 90.3 Å². The third-order valence-electron chi connectivity index (χ3n) is 2.78. The fraction of sp³-hybridized carbons (Fsp3) is 0.167. The Morgan fingerprint density at radius 3 is 2.36 bits per heavy atom. The zero-order valence-electron chi connectivity index (χ0n) is 11.7. The summed E-state index contributed by atoms with van der Waals surface area (Å²) in [6, 6.07) is 2.10. The Morgan fingerprint density at radius 1 is 1.20 bits per heavy atom. The zero-order chi connectivity index (χ0) is 18.8. The van der Waals surface area contributed by atoms with Gasteiger partial charge in [-0.25, -0.2) is 0 Å². The molecule has 0 saturated carbocycles. The molecule has 0 radical (unpaired) electrons. The third-order valence-corrected chi connectivity index (χ3v) is 3.64. The van der Waals surface area contributed by atoms with Crippen LogP contribution in [0, 0.1) is 11.3 Å². The Morgan fingerprint density at radius 2 is 1.88 bits per heavy atom. The number of H-pyrrole nitrogens is 1. The predicted molar refractivity (Wildman–Crippen MR) is 75.5 cm³/mol. The summed E-state index contributed by atoms with van der Waals surface area (Å²) >= 11 is 2.63. The zero-order valence-corrected chi connectivity index (χ0v) is 13.3. The number of aromatic nitrogens is 4. The van der Waals surface area contributed by atoms with Gasteiger partial charge < -0.3 is 5.32 Å². The molecule has 0 aliphatic rings. The molecular weight excluding hydrogens is 422 g/mol. The molecule has 1 aromatic heterocycles. The summed E-state index contributed by atoms with van der Waals surface area (Å²) in [6.45, 7) is 0. The van der Waals surface area contributed by atoms with Crippen molar-refractivity contribution in [2.75, 3.05) is 5.32 Å². The minimum absolute atomic E-state index is 0.0105. The lowest BCUT2D eigenvalue weighted by Crippen LogP contribution is -2.13. The number of halogens is 7. The number of allylic oxidation sites excluding steroid dienone is 1. The van der Waals surface area contributed by atoms with Gasteiger partial charge in [-0.3, -0.25) is 0 Å². The third kappa shape index (κ3) is 4.27. The van der Waals surface area contributed by atoms with Crippen molar-refractivity contribution in [3.63, 3.8) is 0 Å². The van der Waals surface area contributed by atoms with Crippen LogP contribution in [0.25, 0.3) is 5.57 Å². The highest BCUT2D eigenvalue weighted by Gasteiger charge is 2.39. The van der Waals surface area contributed by atoms with E-state index in [0.717, 1.165) is 6.20 Å². The van der Waals surface area contributed by atoms with Crippen molar-refractivity contribution in [2.24, 2.45) is 0 Å². The number of hydrogen-bond donors (Lipinski definition) is 2. The number of alkyl halides is 6. The summed E-state index contributed by atoms with van der Waals surface area (Å²) in [4.78, 5) is 0. The van der Waals surface area contributed by atoms with E-state index in [2.05, 4.69) is 41.9 Å². The number of tetrazole rings is 1. The molecule has 2 N–H and O–H groups in total. The number of nitrogens with zero attached hydrogens (tertiary/aromatic N) is 4. The van der Waals surface area contributed by atoms with Crippen LogP contribution < -0.4 is 5.32 Å². The lowest BCUT2D eigenvalue weighted by molar-refractivity contribution is -0.143. The molecule has 2 rings (SSSR count). The highest BCUT2D eigenvalue weighted by Crippen LogP contribution is 2.43. The van der Waals surface area contributed by atoms with E-state index in [1.54, 1.807) is 6.07 Å². The Hall–Kier alpha value is -2.62. The highest BCUT2D eigenvalue weighted by atomic mass is 79.9. The van der Waals surface area contributed by atoms with Crippen LogP contribution in [0.4, 0.5) is 32.0 Å². The molecule has 0 aliphatic carbocycles. The maximum Gasteiger partial charge on any atom is 0.417 e. The molecule has 0 amide bonds. The summed E-state index contributed by atoms with van der Waals surface area (Å²) in [5.41, 5.74) is -3.82. The van der Waals surface area contributed by atoms with Gasteiger partial charge in [0, 0.05) is 6.20 Å². The van der Waals surface area contributed by atoms with Gasteiger partial charge in [0.1, 0.15) is 11.6 Å². The molecule has 0 fully saturated rings. The van der Waals surface area contributed by atoms with Gasteiger partial charge in [-0.15, -0.1) is 10.2 Å². The first-order valence-corrected chi connectivity index (χ1v) is 6.92. The Kier molecular flexibility index (Phi) is 5.02. The standard InChI is InChI=1S/C12H5BrF6N6/c13-9-7(12(17,18)19)1-6(11(14,15)16)2-8(9)21-4-5(3-20)10-22-24-25-23-10/h1-2,4,21H,(H,22,23,24,25). The van der Waals surface area contributed by atoms with Gasteiger partial charge in [-0.05, 0) is 33.3 Å². The van der Waals surface area contributed by atoms with Gasteiger partial charge in [-0.2, -0.15) is 36.8 Å². The van der Waals surface area contributed by atoms with E-state index in [9.17, 15) is 26.3 Å². The Bertz CT molecular complexity index is 834. The average Bonchev–Trinajstić information content (AvgIpc) is 3.01. The van der Waals surface area contributed by atoms with Crippen LogP contribution in [-0.2, 0) is 12.4 Å². The van der Waals surface area contributed by atoms with E-state index >= 15 is 0 Å². The molecule has 0 aliphatic heterocycles. The number of anilines is 1. The normalized spacial score (nSPS) is 12.8. The minimum atomic E-state index is -5.02. The first kappa shape index (κ1) is 18.7. The number of benzene rings is 1. The summed E-state index contributed by atoms with van der Waals surface area (Å²) in [6.07, 6.45) is -9.15. The van der Waals surface area contributed by atoms with Gasteiger partial charge in [0.2, 0.25) is 5.82 Å². The number of rotatable bonds is 3. The summed E-state index contributed by atoms with van der Waals surface area (Å²) in [5.74, 6) is -0.186. The van der Waals surface area contributed by atoms with Crippen molar-refractivity contribution in [3.8, 4) is 6.07 Å². The molecule has 6 nitrogen and oxygen atoms in total. The van der Waals surface area contributed by atoms with Crippen molar-refractivity contribution in [1.82, 2.24) is 20.6 Å². The van der Waals surface area contributed by atoms with Crippen molar-refractivity contribution in [2.45, 2.75) is 12.4 Å². The van der Waals surface area contributed by atoms with Crippen LogP contribution in [0.15, 0.2) is 22.8 Å². The summed E-state index contributed by atoms with van der Waals surface area (Å²) in [5, 5.41) is 23.4. The van der Waals surface area contributed by atoms with Gasteiger partial charge in [-0.1, -0.05) is 0 Å². The molecule has 0 saturated heterocycles. The van der Waals surface area contributed by atoms with E-state index in [-0.39, 0.29) is 17.5 Å². The molecule has 132 valence electrons. The van der Waals surface area contributed by atoms with Gasteiger partial charge in [0.25, 0.3) is 0 Å². The Balaban J connectivity index is 2.52. The number of aromatic amines is 1. The monoisotopic (exact) mass is 426 g/mol. The van der Waals surface area contributed by atoms with E-state index in [1.165, 1.54) is 0 Å². The second-order valence-electron chi connectivity index (χ2n) is 4.43. The van der Waals surface area contributed by atoms with Gasteiger partial charge >= 0.3 is 12.4 Å². The van der Waals surface area contributed by atoms with Gasteiger partial charge in [0.15, 0.2) is 0 Å². The molecule has 0 spiro atoms. The van der Waals surface area contributed by atoms with E-state index in [4.69, 9.17) is 5.26 Å². The minimum Gasteiger partial charge on any atom is -0.359 e. The molecular formula is C12H5BrF6N6. The van der Waals surface area contributed by atoms with Crippen LogP contribution in [0.3, 0.4) is 0 Å². The second-order valence-corrected chi connectivity index (χ2v) is 5.22. The average molecular weight is 427 g/mol. The van der Waals surface area contributed by atoms with Crippen LogP contribution in [0.1, 0.15) is 17.0 Å². The van der Waals surface area contributed by atoms with E-state index in [0.29, 0.717) is 6.07 Å². The Labute approximate surface area is 143 Å². The predicted octanol–water partition coefficient (Wildman–Crippen LogP) is 3.98. The number of nitrogens with one attached hydrogen (secondary N) is 2. The number of hydrogen-bond acceptors (Lipinski definition) is 5. The fourth-order valence-electron chi connectivity index (χ4n) is 1.67. The maximum atomic E-state index is 13.0. The molecule has 1 aromatic carbocycles. The lowest BCUT2D eigenvalue weighted by atomic mass is 10.1. The summed E-state index contributed by atoms with van der Waals surface area (Å²) in [7, 11) is 0. The molecule has 13 heteroatoms. The van der Waals surface area contributed by atoms with E-state index in [1.807, 2.05) is 0 Å². The van der Waals surface area contributed by atoms with Crippen molar-refractivity contribution >= 4 is 27.2 Å². The lowest BCUT2D eigenvalue weighted by Gasteiger charge is -2.16. The maximum absolute atomic E-state index is 13.0. The van der Waals surface area contributed by atoms with Crippen LogP contribution in [0.5, 0.6) is 0 Å². The van der Waals surface area contributed by atoms with E-state index < -0.39 is 33.6 Å². The van der Waals surface area contributed by atoms with Gasteiger partial charge in [0.05, 0.1) is 21.3 Å². The molecule has 0 bridgehead atoms. The van der Waals surface area contributed by atoms with Crippen LogP contribution in [0.2, 0.25) is 0 Å². The van der Waals surface area contributed by atoms with Crippen LogP contribution in [-0.4, -0.2) is 20.6 Å². The second kappa shape index (κ2) is 6.71. The molecule has 0 atom stereocenters. The first-order valence-electron chi connectivity index (χ1n) is 6.12. The molecule has 0 unspecified atom stereocenters. The fourth-order valence-corrected chi connectivity index (χ4v) is 2.24. The highest BCUT2D eigenvalue weighted by molar-refractivity contribution is 9.10. The molecule has 25 heavy (non-hydrogen) atoms. The quantitative estimate of drug-likeness (QED) is 0.572. The molecule has 2 aromatic rings. The largest absolute Gasteiger partial charge is 0.417 e. The molecule has 1 heterocycles. The SMILES string of the molecule is N#CC(=CNc1cc(C(F)(F)F)cc(C(F)(F)F)c1Br)c1nn[nH]n1. The van der Waals surface area contributed by atoms with Crippen molar-refractivity contribution in [1.29, 1.82) is 5.26 Å². The number of nitriles is 1. The van der Waals surface area contributed by atoms with Crippen molar-refractivity contribution < 1.29 is 26.3 Å².